The number of rotatable bonds is 6. The fraction of sp³-hybridized carbons (Fsp3) is 0.150. The summed E-state index contributed by atoms with van der Waals surface area (Å²) >= 11 is 0. The highest BCUT2D eigenvalue weighted by Crippen LogP contribution is 2.38. The summed E-state index contributed by atoms with van der Waals surface area (Å²) in [5.41, 5.74) is 2.96. The van der Waals surface area contributed by atoms with Gasteiger partial charge >= 0.3 is 0 Å². The van der Waals surface area contributed by atoms with E-state index in [-0.39, 0.29) is 5.78 Å². The molecule has 1 aromatic heterocycles. The van der Waals surface area contributed by atoms with E-state index in [1.807, 2.05) is 36.5 Å². The molecule has 0 fully saturated rings. The molecule has 0 radical (unpaired) electrons. The quantitative estimate of drug-likeness (QED) is 0.692. The third kappa shape index (κ3) is 3.21. The number of aromatic amines is 1. The summed E-state index contributed by atoms with van der Waals surface area (Å²) in [6, 6.07) is 14.7. The van der Waals surface area contributed by atoms with Gasteiger partial charge in [-0.3, -0.25) is 4.79 Å². The fourth-order valence-electron chi connectivity index (χ4n) is 2.72. The Hall–Kier alpha value is -3.21. The minimum Gasteiger partial charge on any atom is -0.493 e. The molecule has 1 N–H and O–H groups in total. The highest BCUT2D eigenvalue weighted by atomic mass is 16.5. The number of nitrogens with one attached hydrogen (secondary N) is 1. The fourth-order valence-corrected chi connectivity index (χ4v) is 2.72. The van der Waals surface area contributed by atoms with Crippen molar-refractivity contribution >= 4 is 5.78 Å². The third-order valence-corrected chi connectivity index (χ3v) is 3.96. The van der Waals surface area contributed by atoms with Crippen molar-refractivity contribution in [3.63, 3.8) is 0 Å². The van der Waals surface area contributed by atoms with E-state index in [9.17, 15) is 4.79 Å². The van der Waals surface area contributed by atoms with Crippen molar-refractivity contribution in [1.29, 1.82) is 0 Å². The van der Waals surface area contributed by atoms with E-state index < -0.39 is 0 Å². The summed E-state index contributed by atoms with van der Waals surface area (Å²) in [6.45, 7) is 0. The van der Waals surface area contributed by atoms with Crippen LogP contribution in [0, 0.1) is 0 Å². The van der Waals surface area contributed by atoms with E-state index in [1.54, 1.807) is 18.2 Å². The number of hydrogen-bond acceptors (Lipinski definition) is 4. The number of methoxy groups -OCH3 is 3. The zero-order chi connectivity index (χ0) is 17.8. The highest BCUT2D eigenvalue weighted by molar-refractivity contribution is 6.10. The Bertz CT molecular complexity index is 859. The first kappa shape index (κ1) is 16.6. The normalized spacial score (nSPS) is 10.4. The van der Waals surface area contributed by atoms with Crippen molar-refractivity contribution in [3.8, 4) is 28.5 Å². The summed E-state index contributed by atoms with van der Waals surface area (Å²) in [7, 11) is 4.58. The Morgan fingerprint density at radius 2 is 1.56 bits per heavy atom. The van der Waals surface area contributed by atoms with E-state index in [1.165, 1.54) is 21.3 Å². The molecule has 25 heavy (non-hydrogen) atoms. The van der Waals surface area contributed by atoms with Gasteiger partial charge in [-0.1, -0.05) is 18.2 Å². The van der Waals surface area contributed by atoms with Crippen LogP contribution in [0.3, 0.4) is 0 Å². The van der Waals surface area contributed by atoms with Crippen molar-refractivity contribution in [2.45, 2.75) is 0 Å². The Morgan fingerprint density at radius 3 is 2.12 bits per heavy atom. The van der Waals surface area contributed by atoms with Crippen LogP contribution in [-0.4, -0.2) is 32.1 Å². The Labute approximate surface area is 146 Å². The van der Waals surface area contributed by atoms with Crippen molar-refractivity contribution in [3.05, 3.63) is 65.9 Å². The Kier molecular flexibility index (Phi) is 4.75. The summed E-state index contributed by atoms with van der Waals surface area (Å²) in [4.78, 5) is 16.1. The lowest BCUT2D eigenvalue weighted by Crippen LogP contribution is -2.04. The number of carbonyl (C=O) groups excluding carboxylic acids is 1. The SMILES string of the molecule is COc1cc(C(=O)c2cccc(-c3ccc[nH]3)c2)cc(OC)c1OC. The average Bonchev–Trinajstić information content (AvgIpc) is 3.21. The van der Waals surface area contributed by atoms with Gasteiger partial charge < -0.3 is 19.2 Å². The molecule has 5 nitrogen and oxygen atoms in total. The van der Waals surface area contributed by atoms with Crippen LogP contribution in [0.2, 0.25) is 0 Å². The summed E-state index contributed by atoms with van der Waals surface area (Å²) in [6.07, 6.45) is 1.85. The maximum Gasteiger partial charge on any atom is 0.203 e. The van der Waals surface area contributed by atoms with E-state index in [0.717, 1.165) is 11.3 Å². The van der Waals surface area contributed by atoms with Gasteiger partial charge in [-0.15, -0.1) is 0 Å². The van der Waals surface area contributed by atoms with Gasteiger partial charge in [0.2, 0.25) is 5.75 Å². The second-order valence-electron chi connectivity index (χ2n) is 5.41. The lowest BCUT2D eigenvalue weighted by atomic mass is 9.99. The molecule has 0 spiro atoms. The van der Waals surface area contributed by atoms with Gasteiger partial charge in [0, 0.05) is 23.0 Å². The monoisotopic (exact) mass is 337 g/mol. The molecule has 0 aliphatic heterocycles. The molecule has 1 heterocycles. The summed E-state index contributed by atoms with van der Waals surface area (Å²) < 4.78 is 16.0. The molecule has 0 saturated heterocycles. The maximum absolute atomic E-state index is 12.9. The zero-order valence-corrected chi connectivity index (χ0v) is 14.3. The summed E-state index contributed by atoms with van der Waals surface area (Å²) in [5, 5.41) is 0. The molecule has 0 saturated carbocycles. The number of ether oxygens (including phenoxy) is 3. The van der Waals surface area contributed by atoms with Gasteiger partial charge in [0.1, 0.15) is 0 Å². The molecule has 0 unspecified atom stereocenters. The molecular formula is C20H19NO4. The standard InChI is InChI=1S/C20H19NO4/c1-23-17-11-15(12-18(24-2)20(17)25-3)19(22)14-7-4-6-13(10-14)16-8-5-9-21-16/h4-12,21H,1-3H3. The second kappa shape index (κ2) is 7.13. The van der Waals surface area contributed by atoms with E-state index >= 15 is 0 Å². The minimum absolute atomic E-state index is 0.118. The van der Waals surface area contributed by atoms with Crippen LogP contribution < -0.4 is 14.2 Å². The minimum atomic E-state index is -0.118. The van der Waals surface area contributed by atoms with Crippen LogP contribution in [-0.2, 0) is 0 Å². The number of benzene rings is 2. The Morgan fingerprint density at radius 1 is 0.840 bits per heavy atom. The van der Waals surface area contributed by atoms with Crippen LogP contribution in [0.1, 0.15) is 15.9 Å². The number of aromatic nitrogens is 1. The zero-order valence-electron chi connectivity index (χ0n) is 14.3. The average molecular weight is 337 g/mol. The number of hydrogen-bond donors (Lipinski definition) is 1. The van der Waals surface area contributed by atoms with Crippen molar-refractivity contribution in [2.24, 2.45) is 0 Å². The predicted molar refractivity (Wildman–Crippen MR) is 95.8 cm³/mol. The van der Waals surface area contributed by atoms with Gasteiger partial charge in [-0.2, -0.15) is 0 Å². The smallest absolute Gasteiger partial charge is 0.203 e. The van der Waals surface area contributed by atoms with Crippen LogP contribution in [0.15, 0.2) is 54.7 Å². The van der Waals surface area contributed by atoms with Gasteiger partial charge in [-0.05, 0) is 35.9 Å². The van der Waals surface area contributed by atoms with E-state index in [2.05, 4.69) is 4.98 Å². The van der Waals surface area contributed by atoms with Gasteiger partial charge in [-0.25, -0.2) is 0 Å². The van der Waals surface area contributed by atoms with E-state index in [0.29, 0.717) is 28.4 Å². The molecule has 0 aliphatic carbocycles. The summed E-state index contributed by atoms with van der Waals surface area (Å²) in [5.74, 6) is 1.24. The first-order valence-corrected chi connectivity index (χ1v) is 7.76. The first-order chi connectivity index (χ1) is 12.2. The molecule has 5 heteroatoms. The first-order valence-electron chi connectivity index (χ1n) is 7.76. The van der Waals surface area contributed by atoms with Crippen molar-refractivity contribution in [1.82, 2.24) is 4.98 Å². The van der Waals surface area contributed by atoms with Crippen LogP contribution in [0.5, 0.6) is 17.2 Å². The molecule has 3 aromatic rings. The second-order valence-corrected chi connectivity index (χ2v) is 5.41. The number of carbonyl (C=O) groups is 1. The molecule has 0 amide bonds. The lowest BCUT2D eigenvalue weighted by Gasteiger charge is -2.14. The van der Waals surface area contributed by atoms with Gasteiger partial charge in [0.05, 0.1) is 21.3 Å². The topological polar surface area (TPSA) is 60.6 Å². The Balaban J connectivity index is 2.02. The van der Waals surface area contributed by atoms with Crippen LogP contribution >= 0.6 is 0 Å². The van der Waals surface area contributed by atoms with Gasteiger partial charge in [0.15, 0.2) is 17.3 Å². The number of ketones is 1. The van der Waals surface area contributed by atoms with Crippen LogP contribution in [0.4, 0.5) is 0 Å². The molecule has 0 bridgehead atoms. The molecule has 128 valence electrons. The van der Waals surface area contributed by atoms with Crippen molar-refractivity contribution in [2.75, 3.05) is 21.3 Å². The molecular weight excluding hydrogens is 318 g/mol. The van der Waals surface area contributed by atoms with E-state index in [4.69, 9.17) is 14.2 Å². The van der Waals surface area contributed by atoms with Gasteiger partial charge in [0.25, 0.3) is 0 Å². The molecule has 0 atom stereocenters. The largest absolute Gasteiger partial charge is 0.493 e. The molecule has 0 aliphatic rings. The maximum atomic E-state index is 12.9. The molecule has 2 aromatic carbocycles. The predicted octanol–water partition coefficient (Wildman–Crippen LogP) is 3.94. The third-order valence-electron chi connectivity index (χ3n) is 3.96. The van der Waals surface area contributed by atoms with Crippen LogP contribution in [0.25, 0.3) is 11.3 Å². The number of H-pyrrole nitrogens is 1. The molecule has 3 rings (SSSR count). The van der Waals surface area contributed by atoms with Crippen molar-refractivity contribution < 1.29 is 19.0 Å². The highest BCUT2D eigenvalue weighted by Gasteiger charge is 2.18. The lowest BCUT2D eigenvalue weighted by molar-refractivity contribution is 0.103.